The maximum absolute atomic E-state index is 13.0. The molecule has 0 spiro atoms. The summed E-state index contributed by atoms with van der Waals surface area (Å²) in [5.74, 6) is -0.899. The largest absolute Gasteiger partial charge is 0.480 e. The molecule has 0 fully saturated rings. The van der Waals surface area contributed by atoms with Gasteiger partial charge in [-0.05, 0) is 36.2 Å². The molecule has 0 saturated carbocycles. The minimum absolute atomic E-state index is 0.167. The Kier molecular flexibility index (Phi) is 5.14. The Morgan fingerprint density at radius 3 is 2.18 bits per heavy atom. The van der Waals surface area contributed by atoms with Crippen molar-refractivity contribution in [1.82, 2.24) is 4.90 Å². The number of halogens is 3. The van der Waals surface area contributed by atoms with Gasteiger partial charge in [0.2, 0.25) is 0 Å². The van der Waals surface area contributed by atoms with Crippen molar-refractivity contribution < 1.29 is 31.1 Å². The van der Waals surface area contributed by atoms with Gasteiger partial charge in [0, 0.05) is 19.3 Å². The minimum Gasteiger partial charge on any atom is -0.480 e. The van der Waals surface area contributed by atoms with Gasteiger partial charge in [0.25, 0.3) is 5.91 Å². The molecule has 0 radical (unpaired) electrons. The van der Waals surface area contributed by atoms with Crippen molar-refractivity contribution in [2.45, 2.75) is 37.2 Å². The number of hydrogen-bond acceptors (Lipinski definition) is 4. The van der Waals surface area contributed by atoms with Gasteiger partial charge in [-0.1, -0.05) is 24.3 Å². The van der Waals surface area contributed by atoms with E-state index in [9.17, 15) is 26.4 Å². The lowest BCUT2D eigenvalue weighted by molar-refractivity contribution is -0.189. The molecule has 28 heavy (non-hydrogen) atoms. The summed E-state index contributed by atoms with van der Waals surface area (Å²) in [7, 11) is -3.66. The van der Waals surface area contributed by atoms with Crippen LogP contribution in [-0.2, 0) is 22.9 Å². The van der Waals surface area contributed by atoms with Gasteiger partial charge in [-0.3, -0.25) is 4.79 Å². The van der Waals surface area contributed by atoms with E-state index < -0.39 is 28.0 Å². The predicted molar refractivity (Wildman–Crippen MR) is 95.7 cm³/mol. The van der Waals surface area contributed by atoms with Gasteiger partial charge in [0.15, 0.2) is 15.9 Å². The number of benzene rings is 2. The summed E-state index contributed by atoms with van der Waals surface area (Å²) in [6.07, 6.45) is -5.82. The fraction of sp³-hybridized carbons (Fsp3) is 0.316. The zero-order valence-corrected chi connectivity index (χ0v) is 16.0. The van der Waals surface area contributed by atoms with Crippen LogP contribution in [0.1, 0.15) is 28.4 Å². The van der Waals surface area contributed by atoms with Gasteiger partial charge in [-0.15, -0.1) is 0 Å². The minimum atomic E-state index is -4.63. The third kappa shape index (κ3) is 4.14. The second-order valence-electron chi connectivity index (χ2n) is 6.66. The number of carbonyl (C=O) groups excluding carboxylic acids is 1. The number of rotatable bonds is 4. The number of ether oxygens (including phenoxy) is 1. The second-order valence-corrected chi connectivity index (χ2v) is 8.68. The smallest absolute Gasteiger partial charge is 0.425 e. The fourth-order valence-electron chi connectivity index (χ4n) is 2.91. The molecule has 0 aromatic heterocycles. The van der Waals surface area contributed by atoms with Gasteiger partial charge in [-0.2, -0.15) is 13.2 Å². The maximum atomic E-state index is 13.0. The van der Waals surface area contributed by atoms with Gasteiger partial charge in [0.1, 0.15) is 5.75 Å². The van der Waals surface area contributed by atoms with Gasteiger partial charge in [0.05, 0.1) is 10.5 Å². The number of hydrogen-bond donors (Lipinski definition) is 0. The van der Waals surface area contributed by atoms with Crippen molar-refractivity contribution in [3.8, 4) is 5.75 Å². The Morgan fingerprint density at radius 1 is 1.11 bits per heavy atom. The SMILES string of the molecule is C[C@H](Oc1ccc(S(C)(=O)=O)cc1C(=O)N1Cc2ccccc2C1)C(F)(F)F. The molecule has 1 aliphatic heterocycles. The summed E-state index contributed by atoms with van der Waals surface area (Å²) in [5.41, 5.74) is 1.65. The lowest BCUT2D eigenvalue weighted by atomic mass is 10.1. The fourth-order valence-corrected chi connectivity index (χ4v) is 3.56. The van der Waals surface area contributed by atoms with Crippen LogP contribution in [0.5, 0.6) is 5.75 Å². The normalized spacial score (nSPS) is 15.2. The van der Waals surface area contributed by atoms with E-state index >= 15 is 0 Å². The van der Waals surface area contributed by atoms with Crippen molar-refractivity contribution in [3.63, 3.8) is 0 Å². The molecular formula is C19H18F3NO4S. The van der Waals surface area contributed by atoms with Gasteiger partial charge < -0.3 is 9.64 Å². The summed E-state index contributed by atoms with van der Waals surface area (Å²) < 4.78 is 67.4. The van der Waals surface area contributed by atoms with Crippen molar-refractivity contribution in [3.05, 3.63) is 59.2 Å². The molecule has 0 aliphatic carbocycles. The van der Waals surface area contributed by atoms with Crippen LogP contribution in [0.3, 0.4) is 0 Å². The highest BCUT2D eigenvalue weighted by Crippen LogP contribution is 2.32. The molecule has 150 valence electrons. The van der Waals surface area contributed by atoms with Crippen LogP contribution in [0.15, 0.2) is 47.4 Å². The van der Waals surface area contributed by atoms with Crippen LogP contribution < -0.4 is 4.74 Å². The first-order valence-electron chi connectivity index (χ1n) is 8.40. The van der Waals surface area contributed by atoms with Crippen LogP contribution in [0.2, 0.25) is 0 Å². The molecule has 1 heterocycles. The quantitative estimate of drug-likeness (QED) is 0.769. The van der Waals surface area contributed by atoms with Crippen LogP contribution >= 0.6 is 0 Å². The van der Waals surface area contributed by atoms with Crippen molar-refractivity contribution in [1.29, 1.82) is 0 Å². The summed E-state index contributed by atoms with van der Waals surface area (Å²) in [4.78, 5) is 14.3. The topological polar surface area (TPSA) is 63.7 Å². The van der Waals surface area contributed by atoms with Crippen molar-refractivity contribution >= 4 is 15.7 Å². The predicted octanol–water partition coefficient (Wildman–Crippen LogP) is 3.58. The van der Waals surface area contributed by atoms with Crippen molar-refractivity contribution in [2.24, 2.45) is 0 Å². The Labute approximate surface area is 160 Å². The Morgan fingerprint density at radius 2 is 1.68 bits per heavy atom. The molecule has 0 bridgehead atoms. The van der Waals surface area contributed by atoms with Crippen LogP contribution in [0.25, 0.3) is 0 Å². The van der Waals surface area contributed by atoms with Crippen molar-refractivity contribution in [2.75, 3.05) is 6.26 Å². The zero-order chi connectivity index (χ0) is 20.7. The van der Waals surface area contributed by atoms with E-state index in [0.717, 1.165) is 42.5 Å². The first kappa shape index (κ1) is 20.2. The molecule has 0 N–H and O–H groups in total. The molecule has 0 saturated heterocycles. The van der Waals surface area contributed by atoms with E-state index in [0.29, 0.717) is 0 Å². The van der Waals surface area contributed by atoms with Crippen LogP contribution in [0, 0.1) is 0 Å². The first-order valence-corrected chi connectivity index (χ1v) is 10.3. The summed E-state index contributed by atoms with van der Waals surface area (Å²) >= 11 is 0. The molecule has 5 nitrogen and oxygen atoms in total. The summed E-state index contributed by atoms with van der Waals surface area (Å²) in [5, 5.41) is 0. The highest BCUT2D eigenvalue weighted by Gasteiger charge is 2.39. The highest BCUT2D eigenvalue weighted by molar-refractivity contribution is 7.90. The molecule has 2 aromatic carbocycles. The molecule has 2 aromatic rings. The Bertz CT molecular complexity index is 993. The number of sulfone groups is 1. The summed E-state index contributed by atoms with van der Waals surface area (Å²) in [6, 6.07) is 10.7. The standard InChI is InChI=1S/C19H18F3NO4S/c1-12(19(20,21)22)27-17-8-7-15(28(2,25)26)9-16(17)18(24)23-10-13-5-3-4-6-14(13)11-23/h3-9,12H,10-11H2,1-2H3/t12-/m0/s1. The molecule has 1 atom stereocenters. The van der Waals surface area contributed by atoms with Crippen LogP contribution in [-0.4, -0.2) is 37.8 Å². The van der Waals surface area contributed by atoms with E-state index in [1.54, 1.807) is 0 Å². The van der Waals surface area contributed by atoms with E-state index in [4.69, 9.17) is 4.74 Å². The maximum Gasteiger partial charge on any atom is 0.425 e. The van der Waals surface area contributed by atoms with E-state index in [1.165, 1.54) is 4.90 Å². The third-order valence-electron chi connectivity index (χ3n) is 4.50. The molecule has 1 aliphatic rings. The van der Waals surface area contributed by atoms with Gasteiger partial charge >= 0.3 is 6.18 Å². The van der Waals surface area contributed by atoms with E-state index in [1.807, 2.05) is 24.3 Å². The average molecular weight is 413 g/mol. The molecular weight excluding hydrogens is 395 g/mol. The third-order valence-corrected chi connectivity index (χ3v) is 5.61. The van der Waals surface area contributed by atoms with E-state index in [-0.39, 0.29) is 29.3 Å². The zero-order valence-electron chi connectivity index (χ0n) is 15.2. The lowest BCUT2D eigenvalue weighted by Crippen LogP contribution is -2.32. The highest BCUT2D eigenvalue weighted by atomic mass is 32.2. The monoisotopic (exact) mass is 413 g/mol. The number of carbonyl (C=O) groups is 1. The average Bonchev–Trinajstić information content (AvgIpc) is 3.03. The molecule has 3 rings (SSSR count). The first-order chi connectivity index (χ1) is 13.0. The Balaban J connectivity index is 1.98. The lowest BCUT2D eigenvalue weighted by Gasteiger charge is -2.22. The second kappa shape index (κ2) is 7.12. The molecule has 1 amide bonds. The molecule has 9 heteroatoms. The number of amides is 1. The number of nitrogens with zero attached hydrogens (tertiary/aromatic N) is 1. The number of alkyl halides is 3. The number of fused-ring (bicyclic) bond motifs is 1. The Hall–Kier alpha value is -2.55. The van der Waals surface area contributed by atoms with E-state index in [2.05, 4.69) is 0 Å². The van der Waals surface area contributed by atoms with Crippen LogP contribution in [0.4, 0.5) is 13.2 Å². The summed E-state index contributed by atoms with van der Waals surface area (Å²) in [6.45, 7) is 1.39. The van der Waals surface area contributed by atoms with Gasteiger partial charge in [-0.25, -0.2) is 8.42 Å². The molecule has 0 unspecified atom stereocenters.